The van der Waals surface area contributed by atoms with E-state index in [0.717, 1.165) is 135 Å². The molecule has 0 aliphatic heterocycles. The lowest BCUT2D eigenvalue weighted by molar-refractivity contribution is -0.148. The standard InChI is InChI=1S/C89H174N8O7/c1-7-13-19-25-31-37-43-49-55-63-71-92(77-83(91)98)85(100)79-94(73-65-57-51-45-39-33-27-21-15-9-3)87(102)81-96(75-67-59-53-47-41-35-29-23-17-11-5)89(104)82-97(76-68-60-54-48-42-36-30-24-18-12-6)88(103)80-95(74-66-58-52-46-40-34-28-22-16-10-4)86(101)78-93(84(99)69-61-62-70-90)72-64-56-50-44-38-32-26-20-14-8-2/h7-82,90H2,1-6H3,(H2,91,98). The monoisotopic (exact) mass is 1470 g/mol. The first kappa shape index (κ1) is 100. The SMILES string of the molecule is CCCCCCCCCCCCN(CC(N)=O)C(=O)CN(CCCCCCCCCCCC)C(=O)CN(CCCCCCCCCCCC)C(=O)CN(CCCCCCCCCCCC)C(=O)CN(CCCCCCCCCCCC)C(=O)CN(CCCCCCCCCCCC)C(=O)CCCCN. The van der Waals surface area contributed by atoms with Crippen LogP contribution in [0.1, 0.15) is 446 Å². The van der Waals surface area contributed by atoms with Gasteiger partial charge in [0.15, 0.2) is 0 Å². The highest BCUT2D eigenvalue weighted by Crippen LogP contribution is 2.20. The zero-order valence-electron chi connectivity index (χ0n) is 69.9. The number of amides is 7. The molecule has 612 valence electrons. The predicted molar refractivity (Wildman–Crippen MR) is 443 cm³/mol. The summed E-state index contributed by atoms with van der Waals surface area (Å²) in [6, 6.07) is 0. The molecule has 0 spiro atoms. The summed E-state index contributed by atoms with van der Waals surface area (Å²) in [6.07, 6.45) is 69.8. The summed E-state index contributed by atoms with van der Waals surface area (Å²) in [5.41, 5.74) is 11.7. The molecule has 7 amide bonds. The van der Waals surface area contributed by atoms with E-state index in [1.165, 1.54) is 242 Å². The van der Waals surface area contributed by atoms with Gasteiger partial charge in [-0.3, -0.25) is 33.6 Å². The van der Waals surface area contributed by atoms with Crippen molar-refractivity contribution in [2.24, 2.45) is 11.5 Å². The molecule has 0 heterocycles. The van der Waals surface area contributed by atoms with Gasteiger partial charge in [0.25, 0.3) is 0 Å². The molecular formula is C89H174N8O7. The number of nitrogens with two attached hydrogens (primary N) is 2. The van der Waals surface area contributed by atoms with Crippen LogP contribution in [0.25, 0.3) is 0 Å². The molecule has 0 fully saturated rings. The third-order valence-electron chi connectivity index (χ3n) is 21.6. The zero-order valence-corrected chi connectivity index (χ0v) is 69.9. The Bertz CT molecular complexity index is 1980. The van der Waals surface area contributed by atoms with Crippen molar-refractivity contribution in [1.82, 2.24) is 29.4 Å². The largest absolute Gasteiger partial charge is 0.368 e. The lowest BCUT2D eigenvalue weighted by Crippen LogP contribution is -2.52. The van der Waals surface area contributed by atoms with Gasteiger partial charge in [-0.2, -0.15) is 0 Å². The van der Waals surface area contributed by atoms with Crippen LogP contribution in [0, 0.1) is 0 Å². The van der Waals surface area contributed by atoms with Crippen LogP contribution in [0.3, 0.4) is 0 Å². The minimum atomic E-state index is -0.583. The molecule has 4 N–H and O–H groups in total. The first-order valence-electron chi connectivity index (χ1n) is 45.5. The topological polar surface area (TPSA) is 191 Å². The Morgan fingerprint density at radius 2 is 0.327 bits per heavy atom. The second-order valence-corrected chi connectivity index (χ2v) is 31.7. The number of hydrogen-bond donors (Lipinski definition) is 2. The Hall–Kier alpha value is -3.75. The Balaban J connectivity index is 7.37. The van der Waals surface area contributed by atoms with Crippen LogP contribution < -0.4 is 11.5 Å². The van der Waals surface area contributed by atoms with Gasteiger partial charge < -0.3 is 40.9 Å². The minimum absolute atomic E-state index is 0.0445. The van der Waals surface area contributed by atoms with E-state index in [0.29, 0.717) is 77.9 Å². The summed E-state index contributed by atoms with van der Waals surface area (Å²) in [7, 11) is 0. The lowest BCUT2D eigenvalue weighted by Gasteiger charge is -2.32. The molecule has 0 rings (SSSR count). The van der Waals surface area contributed by atoms with Crippen molar-refractivity contribution in [2.75, 3.05) is 85.1 Å². The van der Waals surface area contributed by atoms with Crippen LogP contribution in [-0.4, -0.2) is 156 Å². The maximum atomic E-state index is 15.4. The highest BCUT2D eigenvalue weighted by atomic mass is 16.2. The van der Waals surface area contributed by atoms with Crippen LogP contribution in [0.4, 0.5) is 0 Å². The van der Waals surface area contributed by atoms with Crippen molar-refractivity contribution in [1.29, 1.82) is 0 Å². The van der Waals surface area contributed by atoms with E-state index in [4.69, 9.17) is 11.5 Å². The quantitative estimate of drug-likeness (QED) is 0.0562. The molecule has 0 atom stereocenters. The van der Waals surface area contributed by atoms with Crippen molar-refractivity contribution in [3.05, 3.63) is 0 Å². The minimum Gasteiger partial charge on any atom is -0.368 e. The first-order chi connectivity index (χ1) is 50.8. The van der Waals surface area contributed by atoms with E-state index >= 15 is 19.2 Å². The van der Waals surface area contributed by atoms with Gasteiger partial charge in [-0.25, -0.2) is 0 Å². The molecule has 0 aliphatic rings. The Morgan fingerprint density at radius 1 is 0.183 bits per heavy atom. The third kappa shape index (κ3) is 63.2. The third-order valence-corrected chi connectivity index (χ3v) is 21.6. The van der Waals surface area contributed by atoms with E-state index in [2.05, 4.69) is 41.5 Å². The number of rotatable bonds is 82. The number of nitrogens with zero attached hydrogens (tertiary/aromatic N) is 6. The maximum Gasteiger partial charge on any atom is 0.242 e. The molecule has 0 saturated carbocycles. The average molecular weight is 1470 g/mol. The van der Waals surface area contributed by atoms with Gasteiger partial charge in [0.2, 0.25) is 41.4 Å². The van der Waals surface area contributed by atoms with E-state index < -0.39 is 5.91 Å². The fourth-order valence-electron chi connectivity index (χ4n) is 14.6. The van der Waals surface area contributed by atoms with Gasteiger partial charge in [-0.15, -0.1) is 0 Å². The van der Waals surface area contributed by atoms with Crippen LogP contribution >= 0.6 is 0 Å². The van der Waals surface area contributed by atoms with E-state index in [-0.39, 0.29) is 74.7 Å². The number of carbonyl (C=O) groups is 7. The summed E-state index contributed by atoms with van der Waals surface area (Å²) >= 11 is 0. The van der Waals surface area contributed by atoms with Gasteiger partial charge in [0.05, 0.1) is 39.3 Å². The van der Waals surface area contributed by atoms with Crippen LogP contribution in [-0.2, 0) is 33.6 Å². The second kappa shape index (κ2) is 77.4. The van der Waals surface area contributed by atoms with Crippen molar-refractivity contribution in [3.63, 3.8) is 0 Å². The van der Waals surface area contributed by atoms with Gasteiger partial charge in [-0.05, 0) is 57.9 Å². The van der Waals surface area contributed by atoms with Gasteiger partial charge in [0.1, 0.15) is 0 Å². The van der Waals surface area contributed by atoms with Crippen LogP contribution in [0.2, 0.25) is 0 Å². The summed E-state index contributed by atoms with van der Waals surface area (Å²) in [4.78, 5) is 112. The summed E-state index contributed by atoms with van der Waals surface area (Å²) in [6.45, 7) is 15.1. The molecule has 0 unspecified atom stereocenters. The Labute approximate surface area is 643 Å². The Kier molecular flexibility index (Phi) is 74.6. The fraction of sp³-hybridized carbons (Fsp3) is 0.921. The molecule has 0 saturated heterocycles. The average Bonchev–Trinajstić information content (AvgIpc) is 1.03. The molecule has 0 radical (unpaired) electrons. The molecule has 0 aromatic heterocycles. The van der Waals surface area contributed by atoms with Crippen LogP contribution in [0.15, 0.2) is 0 Å². The summed E-state index contributed by atoms with van der Waals surface area (Å²) in [5, 5.41) is 0. The van der Waals surface area contributed by atoms with Gasteiger partial charge >= 0.3 is 0 Å². The Morgan fingerprint density at radius 3 is 0.481 bits per heavy atom. The second-order valence-electron chi connectivity index (χ2n) is 31.7. The number of primary amides is 1. The van der Waals surface area contributed by atoms with E-state index in [9.17, 15) is 14.4 Å². The molecule has 15 heteroatoms. The van der Waals surface area contributed by atoms with E-state index in [1.807, 2.05) is 0 Å². The molecule has 0 bridgehead atoms. The highest BCUT2D eigenvalue weighted by Gasteiger charge is 2.30. The molecule has 0 aliphatic carbocycles. The van der Waals surface area contributed by atoms with Crippen molar-refractivity contribution in [3.8, 4) is 0 Å². The smallest absolute Gasteiger partial charge is 0.242 e. The molecule has 0 aromatic carbocycles. The fourth-order valence-corrected chi connectivity index (χ4v) is 14.6. The lowest BCUT2D eigenvalue weighted by atomic mass is 10.1. The van der Waals surface area contributed by atoms with E-state index in [1.54, 1.807) is 24.5 Å². The van der Waals surface area contributed by atoms with Crippen LogP contribution in [0.5, 0.6) is 0 Å². The summed E-state index contributed by atoms with van der Waals surface area (Å²) < 4.78 is 0. The molecular weight excluding hydrogens is 1290 g/mol. The maximum absolute atomic E-state index is 15.4. The molecule has 15 nitrogen and oxygen atoms in total. The van der Waals surface area contributed by atoms with Gasteiger partial charge in [0, 0.05) is 45.7 Å². The predicted octanol–water partition coefficient (Wildman–Crippen LogP) is 22.1. The molecule has 104 heavy (non-hydrogen) atoms. The van der Waals surface area contributed by atoms with Crippen molar-refractivity contribution >= 4 is 41.4 Å². The first-order valence-corrected chi connectivity index (χ1v) is 45.5. The summed E-state index contributed by atoms with van der Waals surface area (Å²) in [5.74, 6) is -2.08. The normalized spacial score (nSPS) is 11.4. The van der Waals surface area contributed by atoms with Crippen molar-refractivity contribution in [2.45, 2.75) is 446 Å². The highest BCUT2D eigenvalue weighted by molar-refractivity contribution is 5.92. The number of unbranched alkanes of at least 4 members (excludes halogenated alkanes) is 55. The number of hydrogen-bond acceptors (Lipinski definition) is 8. The van der Waals surface area contributed by atoms with Gasteiger partial charge in [-0.1, -0.05) is 388 Å². The van der Waals surface area contributed by atoms with Crippen molar-refractivity contribution < 1.29 is 33.6 Å². The molecule has 0 aromatic rings. The number of carbonyl (C=O) groups excluding carboxylic acids is 7. The zero-order chi connectivity index (χ0) is 76.2.